The molecule has 0 aliphatic carbocycles. The first-order valence-corrected chi connectivity index (χ1v) is 8.43. The van der Waals surface area contributed by atoms with Crippen molar-refractivity contribution < 1.29 is 9.53 Å². The summed E-state index contributed by atoms with van der Waals surface area (Å²) in [6.45, 7) is 3.89. The summed E-state index contributed by atoms with van der Waals surface area (Å²) in [4.78, 5) is 14.8. The van der Waals surface area contributed by atoms with Gasteiger partial charge in [0.15, 0.2) is 0 Å². The molecule has 4 rings (SSSR count). The number of aromatic nitrogens is 2. The molecule has 0 bridgehead atoms. The highest BCUT2D eigenvalue weighted by Gasteiger charge is 2.28. The molecule has 1 saturated heterocycles. The van der Waals surface area contributed by atoms with Crippen molar-refractivity contribution in [2.24, 2.45) is 0 Å². The molecule has 1 aromatic heterocycles. The Labute approximate surface area is 141 Å². The van der Waals surface area contributed by atoms with Gasteiger partial charge in [-0.15, -0.1) is 0 Å². The summed E-state index contributed by atoms with van der Waals surface area (Å²) < 4.78 is 7.73. The van der Waals surface area contributed by atoms with Gasteiger partial charge in [-0.05, 0) is 37.5 Å². The van der Waals surface area contributed by atoms with E-state index in [9.17, 15) is 4.79 Å². The molecule has 2 aliphatic rings. The normalized spacial score (nSPS) is 20.1. The third-order valence-electron chi connectivity index (χ3n) is 4.70. The third kappa shape index (κ3) is 2.82. The monoisotopic (exact) mass is 323 g/mol. The minimum atomic E-state index is 0.0816. The number of rotatable bonds is 2. The van der Waals surface area contributed by atoms with Crippen molar-refractivity contribution in [1.82, 2.24) is 14.7 Å². The molecule has 3 heterocycles. The molecule has 0 saturated carbocycles. The average Bonchev–Trinajstić information content (AvgIpc) is 3.07. The maximum Gasteiger partial charge on any atom is 0.253 e. The van der Waals surface area contributed by atoms with Crippen LogP contribution in [0, 0.1) is 6.92 Å². The molecule has 5 heteroatoms. The van der Waals surface area contributed by atoms with Gasteiger partial charge in [-0.1, -0.05) is 18.2 Å². The summed E-state index contributed by atoms with van der Waals surface area (Å²) in [6.07, 6.45) is 7.94. The molecule has 1 amide bonds. The summed E-state index contributed by atoms with van der Waals surface area (Å²) in [5, 5.41) is 4.41. The number of nitrogens with zero attached hydrogens (tertiary/aromatic N) is 3. The van der Waals surface area contributed by atoms with Crippen LogP contribution in [0.5, 0.6) is 5.75 Å². The van der Waals surface area contributed by atoms with Gasteiger partial charge in [-0.2, -0.15) is 5.10 Å². The Morgan fingerprint density at radius 3 is 3.04 bits per heavy atom. The predicted molar refractivity (Wildman–Crippen MR) is 91.7 cm³/mol. The van der Waals surface area contributed by atoms with Gasteiger partial charge in [0.1, 0.15) is 12.4 Å². The highest BCUT2D eigenvalue weighted by molar-refractivity contribution is 5.99. The number of piperidine rings is 1. The highest BCUT2D eigenvalue weighted by atomic mass is 16.5. The van der Waals surface area contributed by atoms with Crippen LogP contribution in [0.3, 0.4) is 0 Å². The Morgan fingerprint density at radius 1 is 1.33 bits per heavy atom. The number of carbonyl (C=O) groups is 1. The SMILES string of the molecule is Cc1cnn([C@H]2CCCN(C(=O)C3=Cc4ccccc4OC3)C2)c1. The Balaban J connectivity index is 1.51. The van der Waals surface area contributed by atoms with E-state index in [0.29, 0.717) is 13.2 Å². The molecule has 124 valence electrons. The van der Waals surface area contributed by atoms with Gasteiger partial charge in [0.2, 0.25) is 0 Å². The lowest BCUT2D eigenvalue weighted by molar-refractivity contribution is -0.129. The van der Waals surface area contributed by atoms with Gasteiger partial charge < -0.3 is 9.64 Å². The van der Waals surface area contributed by atoms with E-state index >= 15 is 0 Å². The van der Waals surface area contributed by atoms with E-state index in [2.05, 4.69) is 11.3 Å². The number of hydrogen-bond donors (Lipinski definition) is 0. The van der Waals surface area contributed by atoms with Crippen LogP contribution < -0.4 is 4.74 Å². The van der Waals surface area contributed by atoms with E-state index in [-0.39, 0.29) is 11.9 Å². The smallest absolute Gasteiger partial charge is 0.253 e. The van der Waals surface area contributed by atoms with Crippen molar-refractivity contribution in [2.45, 2.75) is 25.8 Å². The quantitative estimate of drug-likeness (QED) is 0.854. The number of fused-ring (bicyclic) bond motifs is 1. The fourth-order valence-electron chi connectivity index (χ4n) is 3.43. The minimum Gasteiger partial charge on any atom is -0.488 e. The lowest BCUT2D eigenvalue weighted by Crippen LogP contribution is -2.42. The summed E-state index contributed by atoms with van der Waals surface area (Å²) in [6, 6.07) is 8.08. The number of hydrogen-bond acceptors (Lipinski definition) is 3. The van der Waals surface area contributed by atoms with Crippen LogP contribution in [0.15, 0.2) is 42.2 Å². The van der Waals surface area contributed by atoms with Gasteiger partial charge in [0.25, 0.3) is 5.91 Å². The van der Waals surface area contributed by atoms with Gasteiger partial charge in [0.05, 0.1) is 17.8 Å². The van der Waals surface area contributed by atoms with Crippen LogP contribution in [-0.4, -0.2) is 40.3 Å². The van der Waals surface area contributed by atoms with E-state index in [1.54, 1.807) is 0 Å². The number of likely N-dealkylation sites (tertiary alicyclic amines) is 1. The second-order valence-corrected chi connectivity index (χ2v) is 6.54. The molecule has 0 radical (unpaired) electrons. The fraction of sp³-hybridized carbons (Fsp3) is 0.368. The van der Waals surface area contributed by atoms with Crippen LogP contribution in [-0.2, 0) is 4.79 Å². The number of para-hydroxylation sites is 1. The second kappa shape index (κ2) is 6.15. The molecule has 0 unspecified atom stereocenters. The van der Waals surface area contributed by atoms with Crippen LogP contribution in [0.4, 0.5) is 0 Å². The van der Waals surface area contributed by atoms with Gasteiger partial charge >= 0.3 is 0 Å². The molecule has 1 atom stereocenters. The summed E-state index contributed by atoms with van der Waals surface area (Å²) >= 11 is 0. The van der Waals surface area contributed by atoms with E-state index < -0.39 is 0 Å². The predicted octanol–water partition coefficient (Wildman–Crippen LogP) is 2.83. The Morgan fingerprint density at radius 2 is 2.21 bits per heavy atom. The lowest BCUT2D eigenvalue weighted by Gasteiger charge is -2.34. The first-order chi connectivity index (χ1) is 11.7. The molecule has 2 aliphatic heterocycles. The van der Waals surface area contributed by atoms with Gasteiger partial charge in [0, 0.05) is 24.8 Å². The molecular weight excluding hydrogens is 302 g/mol. The molecule has 2 aromatic rings. The first-order valence-electron chi connectivity index (χ1n) is 8.43. The Kier molecular flexibility index (Phi) is 3.84. The second-order valence-electron chi connectivity index (χ2n) is 6.54. The van der Waals surface area contributed by atoms with Crippen molar-refractivity contribution in [1.29, 1.82) is 0 Å². The minimum absolute atomic E-state index is 0.0816. The van der Waals surface area contributed by atoms with E-state index in [1.165, 1.54) is 0 Å². The number of benzene rings is 1. The first kappa shape index (κ1) is 15.0. The van der Waals surface area contributed by atoms with Crippen LogP contribution in [0.25, 0.3) is 6.08 Å². The summed E-state index contributed by atoms with van der Waals surface area (Å²) in [5.74, 6) is 0.927. The summed E-state index contributed by atoms with van der Waals surface area (Å²) in [5.41, 5.74) is 2.85. The van der Waals surface area contributed by atoms with Gasteiger partial charge in [-0.25, -0.2) is 0 Å². The standard InChI is InChI=1S/C19H21N3O2/c1-14-10-20-22(11-14)17-6-4-8-21(12-17)19(23)16-9-15-5-2-3-7-18(15)24-13-16/h2-3,5,7,9-11,17H,4,6,8,12-13H2,1H3/t17-/m0/s1. The largest absolute Gasteiger partial charge is 0.488 e. The van der Waals surface area contributed by atoms with Gasteiger partial charge in [-0.3, -0.25) is 9.48 Å². The van der Waals surface area contributed by atoms with E-state index in [4.69, 9.17) is 4.74 Å². The maximum absolute atomic E-state index is 12.9. The number of ether oxygens (including phenoxy) is 1. The molecular formula is C19H21N3O2. The molecule has 1 aromatic carbocycles. The number of aryl methyl sites for hydroxylation is 1. The van der Waals surface area contributed by atoms with Crippen molar-refractivity contribution in [3.8, 4) is 5.75 Å². The van der Waals surface area contributed by atoms with Crippen LogP contribution in [0.2, 0.25) is 0 Å². The zero-order valence-corrected chi connectivity index (χ0v) is 13.8. The Hall–Kier alpha value is -2.56. The fourth-order valence-corrected chi connectivity index (χ4v) is 3.43. The number of amides is 1. The van der Waals surface area contributed by atoms with Crippen molar-refractivity contribution in [2.75, 3.05) is 19.7 Å². The van der Waals surface area contributed by atoms with E-state index in [1.807, 2.05) is 53.0 Å². The van der Waals surface area contributed by atoms with Crippen molar-refractivity contribution >= 4 is 12.0 Å². The summed E-state index contributed by atoms with van der Waals surface area (Å²) in [7, 11) is 0. The van der Waals surface area contributed by atoms with Crippen LogP contribution >= 0.6 is 0 Å². The number of carbonyl (C=O) groups excluding carboxylic acids is 1. The topological polar surface area (TPSA) is 47.4 Å². The van der Waals surface area contributed by atoms with E-state index in [0.717, 1.165) is 41.8 Å². The van der Waals surface area contributed by atoms with Crippen molar-refractivity contribution in [3.05, 3.63) is 53.4 Å². The third-order valence-corrected chi connectivity index (χ3v) is 4.70. The maximum atomic E-state index is 12.9. The highest BCUT2D eigenvalue weighted by Crippen LogP contribution is 2.28. The zero-order chi connectivity index (χ0) is 16.5. The molecule has 5 nitrogen and oxygen atoms in total. The van der Waals surface area contributed by atoms with Crippen LogP contribution in [0.1, 0.15) is 30.0 Å². The molecule has 0 N–H and O–H groups in total. The lowest BCUT2D eigenvalue weighted by atomic mass is 10.0. The Bertz CT molecular complexity index is 793. The molecule has 1 fully saturated rings. The molecule has 24 heavy (non-hydrogen) atoms. The molecule has 0 spiro atoms. The average molecular weight is 323 g/mol. The van der Waals surface area contributed by atoms with Crippen molar-refractivity contribution in [3.63, 3.8) is 0 Å². The zero-order valence-electron chi connectivity index (χ0n) is 13.8.